The summed E-state index contributed by atoms with van der Waals surface area (Å²) in [7, 11) is 0. The molecule has 0 spiro atoms. The molecule has 0 unspecified atom stereocenters. The highest BCUT2D eigenvalue weighted by Crippen LogP contribution is 2.38. The van der Waals surface area contributed by atoms with Gasteiger partial charge in [-0.05, 0) is 72.9 Å². The van der Waals surface area contributed by atoms with Crippen LogP contribution in [0.25, 0.3) is 22.3 Å². The van der Waals surface area contributed by atoms with E-state index in [-0.39, 0.29) is 0 Å². The number of aliphatic imine (C=N–C) groups is 4. The van der Waals surface area contributed by atoms with E-state index in [0.717, 1.165) is 90.2 Å². The Balaban J connectivity index is 1.37. The number of rotatable bonds is 4. The molecule has 0 amide bonds. The molecule has 0 fully saturated rings. The maximum Gasteiger partial charge on any atom is 0.0982 e. The number of allylic oxidation sites excluding steroid dienone is 12. The fourth-order valence-corrected chi connectivity index (χ4v) is 5.90. The van der Waals surface area contributed by atoms with Crippen molar-refractivity contribution < 1.29 is 17.7 Å². The Morgan fingerprint density at radius 3 is 0.773 bits per heavy atom. The maximum atomic E-state index is 5.50. The lowest BCUT2D eigenvalue weighted by atomic mass is 10.0. The van der Waals surface area contributed by atoms with Crippen LogP contribution < -0.4 is 0 Å². The third kappa shape index (κ3) is 3.85. The van der Waals surface area contributed by atoms with Gasteiger partial charge in [0.2, 0.25) is 0 Å². The van der Waals surface area contributed by atoms with Crippen molar-refractivity contribution in [1.82, 2.24) is 0 Å². The molecule has 8 nitrogen and oxygen atoms in total. The molecule has 44 heavy (non-hydrogen) atoms. The summed E-state index contributed by atoms with van der Waals surface area (Å²) in [4.78, 5) is 20.6. The lowest BCUT2D eigenvalue weighted by Crippen LogP contribution is -2.02. The fraction of sp³-hybridized carbons (Fsp3) is 0. The van der Waals surface area contributed by atoms with Crippen LogP contribution in [0.15, 0.2) is 183 Å². The van der Waals surface area contributed by atoms with Crippen LogP contribution in [0.5, 0.6) is 0 Å². The number of fused-ring (bicyclic) bond motifs is 4. The molecule has 208 valence electrons. The summed E-state index contributed by atoms with van der Waals surface area (Å²) in [6, 6.07) is 7.67. The Labute approximate surface area is 250 Å². The number of furan rings is 4. The summed E-state index contributed by atoms with van der Waals surface area (Å²) >= 11 is 0. The standard InChI is InChI=1S/C36H20N4O4/c1-2-26-34(22-10-14-42-18-22)28-5-6-30(39-28)36(24-12-16-44-20-24)32-8-7-31(40-32)35(23-11-15-43-19-23)29-4-3-27(38-29)33(25(1)37-26)21-9-13-41-17-21/h1-20H. The van der Waals surface area contributed by atoms with Crippen LogP contribution in [-0.4, -0.2) is 22.8 Å². The van der Waals surface area contributed by atoms with Gasteiger partial charge in [-0.1, -0.05) is 0 Å². The highest BCUT2D eigenvalue weighted by Gasteiger charge is 2.28. The van der Waals surface area contributed by atoms with Crippen LogP contribution in [-0.2, 0) is 0 Å². The predicted octanol–water partition coefficient (Wildman–Crippen LogP) is 8.06. The molecule has 0 N–H and O–H groups in total. The first-order valence-corrected chi connectivity index (χ1v) is 14.0. The van der Waals surface area contributed by atoms with Crippen LogP contribution in [0.3, 0.4) is 0 Å². The zero-order chi connectivity index (χ0) is 29.0. The van der Waals surface area contributed by atoms with E-state index in [0.29, 0.717) is 0 Å². The highest BCUT2D eigenvalue weighted by atomic mass is 16.3. The van der Waals surface area contributed by atoms with Gasteiger partial charge in [0.05, 0.1) is 95.7 Å². The first kappa shape index (κ1) is 24.3. The van der Waals surface area contributed by atoms with E-state index >= 15 is 0 Å². The largest absolute Gasteiger partial charge is 0.472 e. The van der Waals surface area contributed by atoms with E-state index in [1.165, 1.54) is 0 Å². The molecule has 5 aliphatic heterocycles. The molecule has 5 aliphatic rings. The summed E-state index contributed by atoms with van der Waals surface area (Å²) in [6.45, 7) is 0. The minimum absolute atomic E-state index is 0.759. The lowest BCUT2D eigenvalue weighted by Gasteiger charge is -2.10. The van der Waals surface area contributed by atoms with Gasteiger partial charge in [0.15, 0.2) is 0 Å². The van der Waals surface area contributed by atoms with Crippen LogP contribution in [0.4, 0.5) is 0 Å². The average Bonchev–Trinajstić information content (AvgIpc) is 3.90. The van der Waals surface area contributed by atoms with Crippen molar-refractivity contribution in [2.45, 2.75) is 0 Å². The van der Waals surface area contributed by atoms with Crippen LogP contribution >= 0.6 is 0 Å². The Bertz CT molecular complexity index is 1890. The van der Waals surface area contributed by atoms with Crippen LogP contribution in [0, 0.1) is 0 Å². The van der Waals surface area contributed by atoms with Gasteiger partial charge in [-0.15, -0.1) is 0 Å². The van der Waals surface area contributed by atoms with E-state index in [2.05, 4.69) is 0 Å². The van der Waals surface area contributed by atoms with Crippen molar-refractivity contribution in [3.8, 4) is 0 Å². The molecule has 0 saturated heterocycles. The summed E-state index contributed by atoms with van der Waals surface area (Å²) in [6.07, 6.45) is 29.5. The van der Waals surface area contributed by atoms with Gasteiger partial charge in [-0.2, -0.15) is 0 Å². The summed E-state index contributed by atoms with van der Waals surface area (Å²) in [5, 5.41) is 0. The van der Waals surface area contributed by atoms with E-state index in [4.69, 9.17) is 37.6 Å². The zero-order valence-electron chi connectivity index (χ0n) is 23.0. The molecule has 0 radical (unpaired) electrons. The van der Waals surface area contributed by atoms with Gasteiger partial charge in [0.25, 0.3) is 0 Å². The Hall–Kier alpha value is -6.28. The second kappa shape index (κ2) is 9.64. The van der Waals surface area contributed by atoms with E-state index < -0.39 is 0 Å². The number of nitrogens with zero attached hydrogens (tertiary/aromatic N) is 4. The first-order chi connectivity index (χ1) is 21.8. The molecule has 0 atom stereocenters. The van der Waals surface area contributed by atoms with E-state index in [1.807, 2.05) is 72.9 Å². The molecular weight excluding hydrogens is 552 g/mol. The molecule has 8 heteroatoms. The van der Waals surface area contributed by atoms with Crippen molar-refractivity contribution in [3.05, 3.63) is 168 Å². The maximum absolute atomic E-state index is 5.50. The molecule has 4 aromatic rings. The molecule has 4 aromatic heterocycles. The van der Waals surface area contributed by atoms with Crippen molar-refractivity contribution >= 4 is 45.1 Å². The first-order valence-electron chi connectivity index (χ1n) is 14.0. The predicted molar refractivity (Wildman–Crippen MR) is 169 cm³/mol. The molecule has 0 aromatic carbocycles. The Morgan fingerprint density at radius 1 is 0.318 bits per heavy atom. The second-order valence-electron chi connectivity index (χ2n) is 10.4. The van der Waals surface area contributed by atoms with Crippen molar-refractivity contribution in [2.75, 3.05) is 0 Å². The van der Waals surface area contributed by atoms with Crippen LogP contribution in [0.2, 0.25) is 0 Å². The molecule has 0 aliphatic carbocycles. The minimum Gasteiger partial charge on any atom is -0.472 e. The molecule has 8 bridgehead atoms. The molecule has 0 saturated carbocycles. The lowest BCUT2D eigenvalue weighted by molar-refractivity contribution is 0.566. The van der Waals surface area contributed by atoms with Crippen molar-refractivity contribution in [3.63, 3.8) is 0 Å². The normalized spacial score (nSPS) is 18.7. The summed E-state index contributed by atoms with van der Waals surface area (Å²) < 4.78 is 22.0. The zero-order valence-corrected chi connectivity index (χ0v) is 23.0. The van der Waals surface area contributed by atoms with E-state index in [9.17, 15) is 0 Å². The van der Waals surface area contributed by atoms with Gasteiger partial charge in [0, 0.05) is 44.5 Å². The molecule has 9 heterocycles. The topological polar surface area (TPSA) is 102 Å². The average molecular weight is 573 g/mol. The number of hydrogen-bond donors (Lipinski definition) is 0. The summed E-state index contributed by atoms with van der Waals surface area (Å²) in [5.74, 6) is 0. The Morgan fingerprint density at radius 2 is 0.568 bits per heavy atom. The monoisotopic (exact) mass is 572 g/mol. The molecular formula is C36H20N4O4. The summed E-state index contributed by atoms with van der Waals surface area (Å²) in [5.41, 5.74) is 13.0. The minimum atomic E-state index is 0.759. The van der Waals surface area contributed by atoms with Gasteiger partial charge in [-0.25, -0.2) is 20.0 Å². The highest BCUT2D eigenvalue weighted by molar-refractivity contribution is 6.39. The third-order valence-electron chi connectivity index (χ3n) is 7.85. The molecule has 9 rings (SSSR count). The van der Waals surface area contributed by atoms with Gasteiger partial charge >= 0.3 is 0 Å². The second-order valence-corrected chi connectivity index (χ2v) is 10.4. The Kier molecular flexibility index (Phi) is 5.33. The quantitative estimate of drug-likeness (QED) is 0.247. The number of hydrogen-bond acceptors (Lipinski definition) is 8. The van der Waals surface area contributed by atoms with Gasteiger partial charge in [-0.3, -0.25) is 0 Å². The van der Waals surface area contributed by atoms with Crippen LogP contribution in [0.1, 0.15) is 22.3 Å². The van der Waals surface area contributed by atoms with Gasteiger partial charge < -0.3 is 17.7 Å². The fourth-order valence-electron chi connectivity index (χ4n) is 5.90. The smallest absolute Gasteiger partial charge is 0.0982 e. The van der Waals surface area contributed by atoms with Crippen molar-refractivity contribution in [1.29, 1.82) is 0 Å². The van der Waals surface area contributed by atoms with Gasteiger partial charge in [0.1, 0.15) is 0 Å². The van der Waals surface area contributed by atoms with Crippen molar-refractivity contribution in [2.24, 2.45) is 20.0 Å². The van der Waals surface area contributed by atoms with E-state index in [1.54, 1.807) is 50.1 Å². The third-order valence-corrected chi connectivity index (χ3v) is 7.85. The SMILES string of the molecule is C1=CC2=C(c3ccoc3)C3=NC(=C(c4ccoc4)C4=NC(=C(c5ccoc5)C5=NC(=C(c6ccoc6)C1=N2)C=C5)C=C4)C=C3.